The summed E-state index contributed by atoms with van der Waals surface area (Å²) in [6.45, 7) is 4.17. The van der Waals surface area contributed by atoms with Gasteiger partial charge in [0.1, 0.15) is 11.5 Å². The fourth-order valence-corrected chi connectivity index (χ4v) is 2.24. The molecule has 1 unspecified atom stereocenters. The van der Waals surface area contributed by atoms with Crippen LogP contribution in [0, 0.1) is 0 Å². The minimum atomic E-state index is 0.334. The Kier molecular flexibility index (Phi) is 5.88. The van der Waals surface area contributed by atoms with E-state index in [0.717, 1.165) is 30.1 Å². The number of rotatable bonds is 7. The molecule has 1 atom stereocenters. The van der Waals surface area contributed by atoms with Gasteiger partial charge in [-0.05, 0) is 37.7 Å². The lowest BCUT2D eigenvalue weighted by molar-refractivity contribution is 0.485. The van der Waals surface area contributed by atoms with Crippen LogP contribution in [0.1, 0.15) is 38.2 Å². The zero-order valence-electron chi connectivity index (χ0n) is 9.66. The third kappa shape index (κ3) is 5.28. The molecule has 0 radical (unpaired) electrons. The lowest BCUT2D eigenvalue weighted by atomic mass is 10.2. The zero-order valence-corrected chi connectivity index (χ0v) is 10.5. The molecular weight excluding hydrogens is 206 g/mol. The van der Waals surface area contributed by atoms with E-state index in [1.807, 2.05) is 11.8 Å². The molecule has 3 heteroatoms. The van der Waals surface area contributed by atoms with Crippen molar-refractivity contribution in [3.8, 4) is 0 Å². The molecule has 15 heavy (non-hydrogen) atoms. The van der Waals surface area contributed by atoms with Crippen molar-refractivity contribution in [2.45, 2.75) is 44.9 Å². The monoisotopic (exact) mass is 227 g/mol. The summed E-state index contributed by atoms with van der Waals surface area (Å²) in [4.78, 5) is 0. The first-order valence-corrected chi connectivity index (χ1v) is 6.78. The fraction of sp³-hybridized carbons (Fsp3) is 0.667. The highest BCUT2D eigenvalue weighted by Crippen LogP contribution is 2.17. The summed E-state index contributed by atoms with van der Waals surface area (Å²) in [6, 6.07) is 4.48. The van der Waals surface area contributed by atoms with Gasteiger partial charge in [0.25, 0.3) is 0 Å². The smallest absolute Gasteiger partial charge is 0.114 e. The Morgan fingerprint density at radius 1 is 1.40 bits per heavy atom. The average Bonchev–Trinajstić information content (AvgIpc) is 2.65. The van der Waals surface area contributed by atoms with Crippen LogP contribution in [-0.2, 0) is 12.2 Å². The zero-order chi connectivity index (χ0) is 11.1. The van der Waals surface area contributed by atoms with Crippen LogP contribution in [0.4, 0.5) is 0 Å². The first-order valence-electron chi connectivity index (χ1n) is 5.63. The largest absolute Gasteiger partial charge is 0.465 e. The number of hydrogen-bond donors (Lipinski definition) is 1. The van der Waals surface area contributed by atoms with Crippen molar-refractivity contribution in [3.05, 3.63) is 23.7 Å². The van der Waals surface area contributed by atoms with E-state index in [1.165, 1.54) is 12.2 Å². The van der Waals surface area contributed by atoms with Crippen LogP contribution in [0.2, 0.25) is 0 Å². The van der Waals surface area contributed by atoms with Gasteiger partial charge in [-0.2, -0.15) is 11.8 Å². The highest BCUT2D eigenvalue weighted by Gasteiger charge is 2.00. The third-order valence-corrected chi connectivity index (χ3v) is 3.32. The van der Waals surface area contributed by atoms with Crippen molar-refractivity contribution in [3.63, 3.8) is 0 Å². The summed E-state index contributed by atoms with van der Waals surface area (Å²) in [5.74, 6) is 4.33. The van der Waals surface area contributed by atoms with Gasteiger partial charge in [0.2, 0.25) is 0 Å². The normalized spacial score (nSPS) is 13.0. The van der Waals surface area contributed by atoms with E-state index >= 15 is 0 Å². The molecular formula is C12H21NOS. The van der Waals surface area contributed by atoms with Crippen LogP contribution in [0.5, 0.6) is 0 Å². The Morgan fingerprint density at radius 2 is 2.13 bits per heavy atom. The van der Waals surface area contributed by atoms with Crippen LogP contribution in [0.25, 0.3) is 0 Å². The number of nitrogens with two attached hydrogens (primary N) is 1. The SMILES string of the molecule is CCc1ccc(CSCCCC(C)N)o1. The maximum atomic E-state index is 5.68. The van der Waals surface area contributed by atoms with Gasteiger partial charge in [0, 0.05) is 12.5 Å². The quantitative estimate of drug-likeness (QED) is 0.727. The average molecular weight is 227 g/mol. The molecule has 0 saturated carbocycles. The Labute approximate surface area is 96.6 Å². The third-order valence-electron chi connectivity index (χ3n) is 2.26. The Bertz CT molecular complexity index is 270. The van der Waals surface area contributed by atoms with E-state index in [4.69, 9.17) is 10.2 Å². The van der Waals surface area contributed by atoms with E-state index in [0.29, 0.717) is 6.04 Å². The van der Waals surface area contributed by atoms with E-state index < -0.39 is 0 Å². The van der Waals surface area contributed by atoms with Crippen molar-refractivity contribution >= 4 is 11.8 Å². The first kappa shape index (κ1) is 12.7. The highest BCUT2D eigenvalue weighted by atomic mass is 32.2. The van der Waals surface area contributed by atoms with Gasteiger partial charge in [-0.15, -0.1) is 0 Å². The minimum absolute atomic E-state index is 0.334. The lowest BCUT2D eigenvalue weighted by Gasteiger charge is -2.03. The van der Waals surface area contributed by atoms with Crippen LogP contribution < -0.4 is 5.73 Å². The van der Waals surface area contributed by atoms with Crippen molar-refractivity contribution in [2.75, 3.05) is 5.75 Å². The van der Waals surface area contributed by atoms with E-state index in [2.05, 4.69) is 26.0 Å². The van der Waals surface area contributed by atoms with Crippen LogP contribution >= 0.6 is 11.8 Å². The van der Waals surface area contributed by atoms with Gasteiger partial charge < -0.3 is 10.2 Å². The summed E-state index contributed by atoms with van der Waals surface area (Å²) in [6.07, 6.45) is 3.30. The number of thioether (sulfide) groups is 1. The maximum absolute atomic E-state index is 5.68. The molecule has 0 aliphatic rings. The summed E-state index contributed by atoms with van der Waals surface area (Å²) in [7, 11) is 0. The second kappa shape index (κ2) is 6.96. The van der Waals surface area contributed by atoms with E-state index in [1.54, 1.807) is 0 Å². The Morgan fingerprint density at radius 3 is 2.73 bits per heavy atom. The summed E-state index contributed by atoms with van der Waals surface area (Å²) in [5.41, 5.74) is 5.68. The summed E-state index contributed by atoms with van der Waals surface area (Å²) >= 11 is 1.92. The second-order valence-corrected chi connectivity index (χ2v) is 5.00. The Balaban J connectivity index is 2.09. The first-order chi connectivity index (χ1) is 7.22. The molecule has 0 amide bonds. The van der Waals surface area contributed by atoms with Gasteiger partial charge in [-0.3, -0.25) is 0 Å². The topological polar surface area (TPSA) is 39.2 Å². The lowest BCUT2D eigenvalue weighted by Crippen LogP contribution is -2.14. The molecule has 0 bridgehead atoms. The van der Waals surface area contributed by atoms with Crippen LogP contribution in [-0.4, -0.2) is 11.8 Å². The van der Waals surface area contributed by atoms with Gasteiger partial charge in [-0.1, -0.05) is 6.92 Å². The predicted molar refractivity (Wildman–Crippen MR) is 67.1 cm³/mol. The molecule has 1 rings (SSSR count). The van der Waals surface area contributed by atoms with Gasteiger partial charge in [0.05, 0.1) is 5.75 Å². The minimum Gasteiger partial charge on any atom is -0.465 e. The summed E-state index contributed by atoms with van der Waals surface area (Å²) < 4.78 is 5.61. The molecule has 0 aliphatic carbocycles. The van der Waals surface area contributed by atoms with Gasteiger partial charge in [0.15, 0.2) is 0 Å². The van der Waals surface area contributed by atoms with E-state index in [-0.39, 0.29) is 0 Å². The molecule has 0 aliphatic heterocycles. The van der Waals surface area contributed by atoms with E-state index in [9.17, 15) is 0 Å². The molecule has 0 saturated heterocycles. The molecule has 2 nitrogen and oxygen atoms in total. The molecule has 0 spiro atoms. The fourth-order valence-electron chi connectivity index (χ4n) is 1.37. The summed E-state index contributed by atoms with van der Waals surface area (Å²) in [5, 5.41) is 0. The molecule has 86 valence electrons. The molecule has 0 fully saturated rings. The Hall–Kier alpha value is -0.410. The number of hydrogen-bond acceptors (Lipinski definition) is 3. The predicted octanol–water partition coefficient (Wildman–Crippen LogP) is 3.20. The molecule has 0 aromatic carbocycles. The van der Waals surface area contributed by atoms with Crippen LogP contribution in [0.15, 0.2) is 16.5 Å². The molecule has 1 heterocycles. The molecule has 1 aromatic rings. The molecule has 1 aromatic heterocycles. The van der Waals surface area contributed by atoms with Crippen molar-refractivity contribution in [1.29, 1.82) is 0 Å². The van der Waals surface area contributed by atoms with Crippen molar-refractivity contribution < 1.29 is 4.42 Å². The van der Waals surface area contributed by atoms with Crippen molar-refractivity contribution in [1.82, 2.24) is 0 Å². The number of furan rings is 1. The van der Waals surface area contributed by atoms with Gasteiger partial charge >= 0.3 is 0 Å². The van der Waals surface area contributed by atoms with Gasteiger partial charge in [-0.25, -0.2) is 0 Å². The van der Waals surface area contributed by atoms with Crippen molar-refractivity contribution in [2.24, 2.45) is 5.73 Å². The standard InChI is InChI=1S/C12H21NOS/c1-3-11-6-7-12(14-11)9-15-8-4-5-10(2)13/h6-7,10H,3-5,8-9,13H2,1-2H3. The highest BCUT2D eigenvalue weighted by molar-refractivity contribution is 7.98. The second-order valence-electron chi connectivity index (χ2n) is 3.89. The number of aryl methyl sites for hydroxylation is 1. The maximum Gasteiger partial charge on any atom is 0.114 e. The molecule has 2 N–H and O–H groups in total. The van der Waals surface area contributed by atoms with Crippen LogP contribution in [0.3, 0.4) is 0 Å².